The second kappa shape index (κ2) is 9.63. The Hall–Kier alpha value is -0.240. The van der Waals surface area contributed by atoms with Gasteiger partial charge in [0.15, 0.2) is 0 Å². The molecule has 0 saturated carbocycles. The molecule has 0 saturated heterocycles. The lowest BCUT2D eigenvalue weighted by atomic mass is 10.00. The van der Waals surface area contributed by atoms with Crippen LogP contribution in [0.3, 0.4) is 0 Å². The fourth-order valence-corrected chi connectivity index (χ4v) is 2.75. The highest BCUT2D eigenvalue weighted by molar-refractivity contribution is 6.42. The SMILES string of the molecule is CCCCCCC(Cc1cccc(Cl)c1Cl)NCC. The van der Waals surface area contributed by atoms with Gasteiger partial charge >= 0.3 is 0 Å². The van der Waals surface area contributed by atoms with Gasteiger partial charge in [-0.1, -0.05) is 74.9 Å². The van der Waals surface area contributed by atoms with Gasteiger partial charge < -0.3 is 5.32 Å². The third kappa shape index (κ3) is 6.16. The summed E-state index contributed by atoms with van der Waals surface area (Å²) in [6.07, 6.45) is 7.38. The molecule has 0 amide bonds. The molecule has 0 bridgehead atoms. The van der Waals surface area contributed by atoms with Crippen molar-refractivity contribution in [1.82, 2.24) is 5.32 Å². The zero-order valence-electron chi connectivity index (χ0n) is 12.0. The van der Waals surface area contributed by atoms with Gasteiger partial charge in [-0.25, -0.2) is 0 Å². The van der Waals surface area contributed by atoms with Crippen LogP contribution < -0.4 is 5.32 Å². The molecular formula is C16H25Cl2N. The van der Waals surface area contributed by atoms with Crippen molar-refractivity contribution < 1.29 is 0 Å². The van der Waals surface area contributed by atoms with Gasteiger partial charge in [-0.15, -0.1) is 0 Å². The fraction of sp³-hybridized carbons (Fsp3) is 0.625. The zero-order valence-corrected chi connectivity index (χ0v) is 13.5. The van der Waals surface area contributed by atoms with Crippen LogP contribution in [0.1, 0.15) is 51.5 Å². The molecule has 0 radical (unpaired) electrons. The highest BCUT2D eigenvalue weighted by atomic mass is 35.5. The van der Waals surface area contributed by atoms with Crippen molar-refractivity contribution >= 4 is 23.2 Å². The van der Waals surface area contributed by atoms with E-state index in [0.717, 1.165) is 18.5 Å². The third-order valence-corrected chi connectivity index (χ3v) is 4.25. The zero-order chi connectivity index (χ0) is 14.1. The molecule has 0 aromatic heterocycles. The van der Waals surface area contributed by atoms with Gasteiger partial charge in [-0.2, -0.15) is 0 Å². The standard InChI is InChI=1S/C16H25Cl2N/c1-3-5-6-7-10-14(19-4-2)12-13-9-8-11-15(17)16(13)18/h8-9,11,14,19H,3-7,10,12H2,1-2H3. The third-order valence-electron chi connectivity index (χ3n) is 3.40. The Morgan fingerprint density at radius 1 is 1.11 bits per heavy atom. The van der Waals surface area contributed by atoms with E-state index in [-0.39, 0.29) is 0 Å². The maximum absolute atomic E-state index is 6.26. The molecule has 19 heavy (non-hydrogen) atoms. The summed E-state index contributed by atoms with van der Waals surface area (Å²) in [5, 5.41) is 4.92. The Labute approximate surface area is 127 Å². The summed E-state index contributed by atoms with van der Waals surface area (Å²) < 4.78 is 0. The average molecular weight is 302 g/mol. The number of likely N-dealkylation sites (N-methyl/N-ethyl adjacent to an activating group) is 1. The average Bonchev–Trinajstić information content (AvgIpc) is 2.40. The second-order valence-electron chi connectivity index (χ2n) is 5.02. The number of nitrogens with one attached hydrogen (secondary N) is 1. The summed E-state index contributed by atoms with van der Waals surface area (Å²) in [5.74, 6) is 0. The highest BCUT2D eigenvalue weighted by Gasteiger charge is 2.11. The molecule has 0 aliphatic carbocycles. The molecule has 1 nitrogen and oxygen atoms in total. The minimum atomic E-state index is 0.498. The summed E-state index contributed by atoms with van der Waals surface area (Å²) in [4.78, 5) is 0. The van der Waals surface area contributed by atoms with Crippen molar-refractivity contribution in [2.24, 2.45) is 0 Å². The van der Waals surface area contributed by atoms with Gasteiger partial charge in [0, 0.05) is 6.04 Å². The molecular weight excluding hydrogens is 277 g/mol. The van der Waals surface area contributed by atoms with Crippen LogP contribution in [0.2, 0.25) is 10.0 Å². The monoisotopic (exact) mass is 301 g/mol. The molecule has 108 valence electrons. The minimum absolute atomic E-state index is 0.498. The van der Waals surface area contributed by atoms with Crippen molar-refractivity contribution in [3.63, 3.8) is 0 Å². The normalized spacial score (nSPS) is 12.6. The molecule has 1 N–H and O–H groups in total. The molecule has 1 unspecified atom stereocenters. The Morgan fingerprint density at radius 2 is 1.89 bits per heavy atom. The van der Waals surface area contributed by atoms with Crippen molar-refractivity contribution in [2.75, 3.05) is 6.54 Å². The maximum Gasteiger partial charge on any atom is 0.0624 e. The van der Waals surface area contributed by atoms with Crippen molar-refractivity contribution in [3.05, 3.63) is 33.8 Å². The topological polar surface area (TPSA) is 12.0 Å². The molecule has 1 rings (SSSR count). The first-order chi connectivity index (χ1) is 9.19. The van der Waals surface area contributed by atoms with Gasteiger partial charge in [0.05, 0.1) is 10.0 Å². The van der Waals surface area contributed by atoms with Gasteiger partial charge in [0.25, 0.3) is 0 Å². The lowest BCUT2D eigenvalue weighted by molar-refractivity contribution is 0.463. The number of halogens is 2. The van der Waals surface area contributed by atoms with Crippen molar-refractivity contribution in [3.8, 4) is 0 Å². The molecule has 1 atom stereocenters. The van der Waals surface area contributed by atoms with E-state index in [1.54, 1.807) is 0 Å². The summed E-state index contributed by atoms with van der Waals surface area (Å²) in [6, 6.07) is 6.39. The van der Waals surface area contributed by atoms with Crippen molar-refractivity contribution in [2.45, 2.75) is 58.4 Å². The molecule has 0 spiro atoms. The molecule has 1 aromatic rings. The Bertz CT molecular complexity index is 366. The van der Waals surface area contributed by atoms with Crippen LogP contribution in [0.5, 0.6) is 0 Å². The van der Waals surface area contributed by atoms with Crippen LogP contribution in [-0.2, 0) is 6.42 Å². The Morgan fingerprint density at radius 3 is 2.58 bits per heavy atom. The predicted molar refractivity (Wildman–Crippen MR) is 86.4 cm³/mol. The van der Waals surface area contributed by atoms with E-state index in [1.165, 1.54) is 32.1 Å². The summed E-state index contributed by atoms with van der Waals surface area (Å²) >= 11 is 12.3. The number of benzene rings is 1. The summed E-state index contributed by atoms with van der Waals surface area (Å²) in [7, 11) is 0. The summed E-state index contributed by atoms with van der Waals surface area (Å²) in [6.45, 7) is 5.39. The first kappa shape index (κ1) is 16.8. The smallest absolute Gasteiger partial charge is 0.0624 e. The molecule has 3 heteroatoms. The highest BCUT2D eigenvalue weighted by Crippen LogP contribution is 2.27. The van der Waals surface area contributed by atoms with E-state index in [4.69, 9.17) is 23.2 Å². The summed E-state index contributed by atoms with van der Waals surface area (Å²) in [5.41, 5.74) is 1.15. The fourth-order valence-electron chi connectivity index (χ4n) is 2.35. The first-order valence-electron chi connectivity index (χ1n) is 7.35. The second-order valence-corrected chi connectivity index (χ2v) is 5.81. The van der Waals surface area contributed by atoms with Crippen LogP contribution >= 0.6 is 23.2 Å². The van der Waals surface area contributed by atoms with Gasteiger partial charge in [-0.05, 0) is 31.0 Å². The van der Waals surface area contributed by atoms with E-state index < -0.39 is 0 Å². The predicted octanol–water partition coefficient (Wildman–Crippen LogP) is 5.48. The van der Waals surface area contributed by atoms with Gasteiger partial charge in [0.2, 0.25) is 0 Å². The van der Waals surface area contributed by atoms with Crippen LogP contribution in [0.15, 0.2) is 18.2 Å². The lowest BCUT2D eigenvalue weighted by Gasteiger charge is -2.19. The minimum Gasteiger partial charge on any atom is -0.314 e. The van der Waals surface area contributed by atoms with E-state index >= 15 is 0 Å². The van der Waals surface area contributed by atoms with Crippen LogP contribution in [0.4, 0.5) is 0 Å². The number of hydrogen-bond acceptors (Lipinski definition) is 1. The van der Waals surface area contributed by atoms with Gasteiger partial charge in [0.1, 0.15) is 0 Å². The molecule has 0 aliphatic heterocycles. The largest absolute Gasteiger partial charge is 0.314 e. The molecule has 0 fully saturated rings. The quantitative estimate of drug-likeness (QED) is 0.595. The molecule has 0 aliphatic rings. The first-order valence-corrected chi connectivity index (χ1v) is 8.10. The molecule has 1 aromatic carbocycles. The lowest BCUT2D eigenvalue weighted by Crippen LogP contribution is -2.31. The number of rotatable bonds is 9. The van der Waals surface area contributed by atoms with Crippen molar-refractivity contribution in [1.29, 1.82) is 0 Å². The maximum atomic E-state index is 6.26. The Balaban J connectivity index is 2.54. The number of hydrogen-bond donors (Lipinski definition) is 1. The van der Waals surface area contributed by atoms with E-state index in [1.807, 2.05) is 12.1 Å². The van der Waals surface area contributed by atoms with E-state index in [0.29, 0.717) is 16.1 Å². The van der Waals surface area contributed by atoms with Gasteiger partial charge in [-0.3, -0.25) is 0 Å². The van der Waals surface area contributed by atoms with E-state index in [2.05, 4.69) is 25.2 Å². The molecule has 0 heterocycles. The van der Waals surface area contributed by atoms with Crippen LogP contribution in [-0.4, -0.2) is 12.6 Å². The number of unbranched alkanes of at least 4 members (excludes halogenated alkanes) is 3. The Kier molecular flexibility index (Phi) is 8.52. The van der Waals surface area contributed by atoms with E-state index in [9.17, 15) is 0 Å². The van der Waals surface area contributed by atoms with Crippen LogP contribution in [0, 0.1) is 0 Å². The van der Waals surface area contributed by atoms with Crippen LogP contribution in [0.25, 0.3) is 0 Å².